The topological polar surface area (TPSA) is 0 Å². The number of hydrogen-bond acceptors (Lipinski definition) is 0. The summed E-state index contributed by atoms with van der Waals surface area (Å²) in [6, 6.07) is 0. The Kier molecular flexibility index (Phi) is 8.60. The van der Waals surface area contributed by atoms with Crippen LogP contribution in [0.15, 0.2) is 15.9 Å². The second-order valence-corrected chi connectivity index (χ2v) is 4.59. The van der Waals surface area contributed by atoms with Gasteiger partial charge >= 0.3 is 68.0 Å². The van der Waals surface area contributed by atoms with Crippen molar-refractivity contribution in [1.29, 1.82) is 0 Å². The van der Waals surface area contributed by atoms with Gasteiger partial charge in [0.05, 0.1) is 0 Å². The molecule has 0 nitrogen and oxygen atoms in total. The van der Waals surface area contributed by atoms with Gasteiger partial charge in [-0.2, -0.15) is 0 Å². The Morgan fingerprint density at radius 3 is 2.89 bits per heavy atom. The monoisotopic (exact) mass is 240 g/mol. The van der Waals surface area contributed by atoms with Crippen LogP contribution in [0, 0.1) is 0 Å². The van der Waals surface area contributed by atoms with E-state index in [1.54, 1.807) is 0 Å². The van der Waals surface area contributed by atoms with E-state index in [2.05, 4.69) is 16.8 Å². The van der Waals surface area contributed by atoms with Crippen molar-refractivity contribution >= 4 is 20.9 Å². The predicted octanol–water partition coefficient (Wildman–Crippen LogP) is 2.60. The molecule has 0 fully saturated rings. The van der Waals surface area contributed by atoms with Crippen LogP contribution in [0.25, 0.3) is 0 Å². The van der Waals surface area contributed by atoms with Gasteiger partial charge in [0.25, 0.3) is 0 Å². The Balaban J connectivity index is 3.00. The molecule has 52 valence electrons. The zero-order chi connectivity index (χ0) is 6.95. The van der Waals surface area contributed by atoms with Crippen molar-refractivity contribution in [2.24, 2.45) is 0 Å². The quantitative estimate of drug-likeness (QED) is 0.401. The maximum atomic E-state index is 3.11. The molecule has 0 aliphatic heterocycles. The van der Waals surface area contributed by atoms with Crippen LogP contribution in [-0.4, -0.2) is 20.9 Å². The summed E-state index contributed by atoms with van der Waals surface area (Å²) in [5.74, 6) is 0. The number of rotatable bonds is 4. The van der Waals surface area contributed by atoms with E-state index < -0.39 is 0 Å². The van der Waals surface area contributed by atoms with E-state index in [1.807, 2.05) is 13.0 Å². The van der Waals surface area contributed by atoms with Crippen LogP contribution in [0.2, 0.25) is 4.47 Å². The molecule has 0 bridgehead atoms. The summed E-state index contributed by atoms with van der Waals surface area (Å²) >= 11 is 0.190. The number of hydrogen-bond donors (Lipinski definition) is 0. The third kappa shape index (κ3) is 8.31. The first-order valence-corrected chi connectivity index (χ1v) is 6.38. The minimum absolute atomic E-state index is 0.190. The molecule has 0 amide bonds. The van der Waals surface area contributed by atoms with Crippen molar-refractivity contribution in [1.82, 2.24) is 0 Å². The summed E-state index contributed by atoms with van der Waals surface area (Å²) in [7, 11) is 0. The van der Waals surface area contributed by atoms with Gasteiger partial charge < -0.3 is 0 Å². The Morgan fingerprint density at radius 2 is 2.33 bits per heavy atom. The van der Waals surface area contributed by atoms with Gasteiger partial charge in [0.15, 0.2) is 0 Å². The standard InChI is InChI=1S/C8H14Te/c1-3-5-7-9-8-6-4-2/h3,7H,4,6,8H2,1-2H3. The molecular weight excluding hydrogens is 224 g/mol. The molecule has 0 saturated carbocycles. The molecule has 0 unspecified atom stereocenters. The normalized spacial score (nSPS) is 8.22. The fraction of sp³-hybridized carbons (Fsp3) is 0.625. The fourth-order valence-corrected chi connectivity index (χ4v) is 2.70. The van der Waals surface area contributed by atoms with E-state index in [0.29, 0.717) is 0 Å². The molecule has 0 N–H and O–H groups in total. The summed E-state index contributed by atoms with van der Waals surface area (Å²) in [4.78, 5) is 0. The maximum absolute atomic E-state index is 3.11. The number of allylic oxidation sites excluding steroid dienone is 1. The second kappa shape index (κ2) is 8.31. The van der Waals surface area contributed by atoms with E-state index in [1.165, 1.54) is 17.3 Å². The predicted molar refractivity (Wildman–Crippen MR) is 43.8 cm³/mol. The first kappa shape index (κ1) is 9.31. The van der Waals surface area contributed by atoms with Crippen LogP contribution >= 0.6 is 0 Å². The summed E-state index contributed by atoms with van der Waals surface area (Å²) in [6.45, 7) is 4.26. The first-order valence-electron chi connectivity index (χ1n) is 3.39. The molecule has 0 radical (unpaired) electrons. The third-order valence-corrected chi connectivity index (χ3v) is 3.29. The van der Waals surface area contributed by atoms with Crippen molar-refractivity contribution in [3.8, 4) is 0 Å². The Hall–Kier alpha value is 0.310. The van der Waals surface area contributed by atoms with Crippen molar-refractivity contribution in [2.75, 3.05) is 0 Å². The molecule has 9 heavy (non-hydrogen) atoms. The van der Waals surface area contributed by atoms with Gasteiger partial charge in [-0.1, -0.05) is 0 Å². The molecule has 0 aromatic heterocycles. The molecule has 0 heterocycles. The van der Waals surface area contributed by atoms with Gasteiger partial charge in [-0.05, 0) is 0 Å². The summed E-state index contributed by atoms with van der Waals surface area (Å²) in [5.41, 5.74) is 3.11. The van der Waals surface area contributed by atoms with Crippen LogP contribution in [0.3, 0.4) is 0 Å². The second-order valence-electron chi connectivity index (χ2n) is 1.80. The van der Waals surface area contributed by atoms with Crippen LogP contribution < -0.4 is 0 Å². The van der Waals surface area contributed by atoms with E-state index in [9.17, 15) is 0 Å². The van der Waals surface area contributed by atoms with Crippen molar-refractivity contribution < 1.29 is 0 Å². The van der Waals surface area contributed by atoms with Gasteiger partial charge in [0.1, 0.15) is 0 Å². The molecular formula is C8H14Te. The zero-order valence-corrected chi connectivity index (χ0v) is 8.51. The average Bonchev–Trinajstić information content (AvgIpc) is 1.89. The molecule has 0 aromatic rings. The summed E-state index contributed by atoms with van der Waals surface area (Å²) in [5, 5.41) is 0. The molecule has 0 saturated heterocycles. The van der Waals surface area contributed by atoms with Crippen LogP contribution in [-0.2, 0) is 0 Å². The van der Waals surface area contributed by atoms with Crippen molar-refractivity contribution in [3.63, 3.8) is 0 Å². The molecule has 0 atom stereocenters. The zero-order valence-electron chi connectivity index (χ0n) is 6.18. The Labute approximate surface area is 68.1 Å². The molecule has 1 heteroatoms. The van der Waals surface area contributed by atoms with E-state index in [4.69, 9.17) is 0 Å². The van der Waals surface area contributed by atoms with Crippen LogP contribution in [0.5, 0.6) is 0 Å². The minimum atomic E-state index is 0.190. The van der Waals surface area contributed by atoms with E-state index >= 15 is 0 Å². The van der Waals surface area contributed by atoms with Gasteiger partial charge in [-0.3, -0.25) is 0 Å². The van der Waals surface area contributed by atoms with Gasteiger partial charge in [0.2, 0.25) is 0 Å². The van der Waals surface area contributed by atoms with Crippen molar-refractivity contribution in [2.45, 2.75) is 31.2 Å². The molecule has 0 spiro atoms. The average molecular weight is 238 g/mol. The number of unbranched alkanes of at least 4 members (excludes halogenated alkanes) is 1. The van der Waals surface area contributed by atoms with E-state index in [0.717, 1.165) is 0 Å². The third-order valence-electron chi connectivity index (χ3n) is 0.934. The Morgan fingerprint density at radius 1 is 1.56 bits per heavy atom. The molecule has 0 rings (SSSR count). The SMILES string of the molecule is CC=C=C[Te]CCCC. The van der Waals surface area contributed by atoms with Crippen LogP contribution in [0.1, 0.15) is 26.7 Å². The van der Waals surface area contributed by atoms with E-state index in [-0.39, 0.29) is 20.9 Å². The molecule has 0 aliphatic carbocycles. The van der Waals surface area contributed by atoms with Crippen molar-refractivity contribution in [3.05, 3.63) is 15.9 Å². The molecule has 0 aliphatic rings. The summed E-state index contributed by atoms with van der Waals surface area (Å²) in [6.07, 6.45) is 4.73. The van der Waals surface area contributed by atoms with Gasteiger partial charge in [-0.25, -0.2) is 0 Å². The van der Waals surface area contributed by atoms with Gasteiger partial charge in [0, 0.05) is 0 Å². The molecule has 0 aromatic carbocycles. The summed E-state index contributed by atoms with van der Waals surface area (Å²) < 4.78 is 3.68. The fourth-order valence-electron chi connectivity index (χ4n) is 0.403. The van der Waals surface area contributed by atoms with Gasteiger partial charge in [-0.15, -0.1) is 0 Å². The van der Waals surface area contributed by atoms with Crippen LogP contribution in [0.4, 0.5) is 0 Å². The Bertz CT molecular complexity index is 99.1. The first-order chi connectivity index (χ1) is 4.41.